The molecule has 1 fully saturated rings. The Morgan fingerprint density at radius 1 is 1.52 bits per heavy atom. The average molecular weight is 319 g/mol. The lowest BCUT2D eigenvalue weighted by molar-refractivity contribution is -0.384. The van der Waals surface area contributed by atoms with Gasteiger partial charge in [-0.15, -0.1) is 0 Å². The molecule has 0 saturated carbocycles. The van der Waals surface area contributed by atoms with Crippen LogP contribution in [0, 0.1) is 10.1 Å². The fourth-order valence-corrected chi connectivity index (χ4v) is 2.55. The van der Waals surface area contributed by atoms with Gasteiger partial charge in [0.1, 0.15) is 11.3 Å². The number of ether oxygens (including phenoxy) is 1. The van der Waals surface area contributed by atoms with E-state index in [-0.39, 0.29) is 23.2 Å². The summed E-state index contributed by atoms with van der Waals surface area (Å²) in [6.07, 6.45) is 0. The molecule has 1 aliphatic heterocycles. The first-order valence-electron chi connectivity index (χ1n) is 7.17. The van der Waals surface area contributed by atoms with Crippen molar-refractivity contribution in [1.29, 1.82) is 0 Å². The molecule has 1 aliphatic rings. The minimum atomic E-state index is -0.479. The number of benzene rings is 1. The van der Waals surface area contributed by atoms with Crippen LogP contribution in [0.15, 0.2) is 22.7 Å². The first-order chi connectivity index (χ1) is 11.1. The summed E-state index contributed by atoms with van der Waals surface area (Å²) < 4.78 is 10.4. The van der Waals surface area contributed by atoms with Gasteiger partial charge in [-0.25, -0.2) is 0 Å². The minimum absolute atomic E-state index is 0.0223. The van der Waals surface area contributed by atoms with Crippen molar-refractivity contribution in [1.82, 2.24) is 20.4 Å². The van der Waals surface area contributed by atoms with Gasteiger partial charge in [0.2, 0.25) is 0 Å². The number of piperazine rings is 1. The monoisotopic (exact) mass is 319 g/mol. The molecule has 1 N–H and O–H groups in total. The molecule has 23 heavy (non-hydrogen) atoms. The molecule has 122 valence electrons. The third-order valence-corrected chi connectivity index (χ3v) is 3.88. The zero-order valence-electron chi connectivity index (χ0n) is 12.9. The van der Waals surface area contributed by atoms with Gasteiger partial charge in [-0.3, -0.25) is 15.0 Å². The maximum Gasteiger partial charge on any atom is 0.282 e. The van der Waals surface area contributed by atoms with E-state index in [1.54, 1.807) is 0 Å². The highest BCUT2D eigenvalue weighted by Gasteiger charge is 2.27. The molecule has 1 aromatic carbocycles. The summed E-state index contributed by atoms with van der Waals surface area (Å²) in [6.45, 7) is 2.47. The number of hydrogen-bond acceptors (Lipinski definition) is 8. The zero-order valence-corrected chi connectivity index (χ0v) is 12.9. The summed E-state index contributed by atoms with van der Waals surface area (Å²) in [5.74, 6) is 1.11. The van der Waals surface area contributed by atoms with Crippen molar-refractivity contribution in [3.05, 3.63) is 34.1 Å². The van der Waals surface area contributed by atoms with Gasteiger partial charge in [0, 0.05) is 25.7 Å². The van der Waals surface area contributed by atoms with Crippen LogP contribution in [0.25, 0.3) is 11.5 Å². The van der Waals surface area contributed by atoms with Crippen LogP contribution >= 0.6 is 0 Å². The second kappa shape index (κ2) is 6.31. The molecule has 3 rings (SSSR count). The predicted molar refractivity (Wildman–Crippen MR) is 81.2 cm³/mol. The summed E-state index contributed by atoms with van der Waals surface area (Å²) in [7, 11) is 3.47. The maximum absolute atomic E-state index is 11.2. The van der Waals surface area contributed by atoms with E-state index in [2.05, 4.69) is 20.4 Å². The third kappa shape index (κ3) is 3.01. The van der Waals surface area contributed by atoms with Crippen molar-refractivity contribution >= 4 is 5.69 Å². The maximum atomic E-state index is 11.2. The van der Waals surface area contributed by atoms with E-state index in [4.69, 9.17) is 9.26 Å². The Bertz CT molecular complexity index is 717. The number of hydrogen-bond donors (Lipinski definition) is 1. The van der Waals surface area contributed by atoms with E-state index in [9.17, 15) is 10.1 Å². The van der Waals surface area contributed by atoms with E-state index in [0.717, 1.165) is 13.1 Å². The van der Waals surface area contributed by atoms with E-state index < -0.39 is 4.92 Å². The number of nitrogens with one attached hydrogen (secondary N) is 1. The smallest absolute Gasteiger partial charge is 0.282 e. The van der Waals surface area contributed by atoms with Gasteiger partial charge < -0.3 is 14.6 Å². The number of aromatic nitrogens is 2. The molecule has 0 spiro atoms. The van der Waals surface area contributed by atoms with Gasteiger partial charge >= 0.3 is 0 Å². The summed E-state index contributed by atoms with van der Waals surface area (Å²) in [5, 5.41) is 18.5. The van der Waals surface area contributed by atoms with Gasteiger partial charge in [-0.1, -0.05) is 5.16 Å². The zero-order chi connectivity index (χ0) is 16.4. The molecule has 1 unspecified atom stereocenters. The fraction of sp³-hybridized carbons (Fsp3) is 0.429. The average Bonchev–Trinajstić information content (AvgIpc) is 3.04. The predicted octanol–water partition coefficient (Wildman–Crippen LogP) is 1.23. The summed E-state index contributed by atoms with van der Waals surface area (Å²) in [5.41, 5.74) is 0.149. The minimum Gasteiger partial charge on any atom is -0.497 e. The Morgan fingerprint density at radius 3 is 3.04 bits per heavy atom. The van der Waals surface area contributed by atoms with E-state index in [1.165, 1.54) is 25.3 Å². The van der Waals surface area contributed by atoms with Gasteiger partial charge in [-0.05, 0) is 19.2 Å². The quantitative estimate of drug-likeness (QED) is 0.662. The molecule has 1 atom stereocenters. The molecular weight excluding hydrogens is 302 g/mol. The second-order valence-corrected chi connectivity index (χ2v) is 5.30. The summed E-state index contributed by atoms with van der Waals surface area (Å²) >= 11 is 0. The third-order valence-electron chi connectivity index (χ3n) is 3.88. The van der Waals surface area contributed by atoms with Crippen LogP contribution < -0.4 is 10.1 Å². The lowest BCUT2D eigenvalue weighted by Gasteiger charge is -2.30. The molecule has 2 aromatic rings. The number of likely N-dealkylation sites (N-methyl/N-ethyl adjacent to an activating group) is 1. The Balaban J connectivity index is 1.98. The largest absolute Gasteiger partial charge is 0.497 e. The number of nitro groups is 1. The highest BCUT2D eigenvalue weighted by molar-refractivity contribution is 5.68. The molecule has 0 aliphatic carbocycles. The lowest BCUT2D eigenvalue weighted by atomic mass is 10.1. The summed E-state index contributed by atoms with van der Waals surface area (Å²) in [4.78, 5) is 17.2. The molecule has 0 radical (unpaired) electrons. The van der Waals surface area contributed by atoms with Crippen LogP contribution in [-0.4, -0.2) is 53.8 Å². The van der Waals surface area contributed by atoms with Crippen molar-refractivity contribution in [2.75, 3.05) is 33.8 Å². The number of nitro benzene ring substituents is 1. The molecule has 1 saturated heterocycles. The SMILES string of the molecule is COc1ccc([N+](=O)[O-])c(-c2nc(C3CNCCN3C)no2)c1. The number of rotatable bonds is 4. The molecule has 0 amide bonds. The fourth-order valence-electron chi connectivity index (χ4n) is 2.55. The molecular formula is C14H17N5O4. The Hall–Kier alpha value is -2.52. The van der Waals surface area contributed by atoms with Crippen molar-refractivity contribution < 1.29 is 14.2 Å². The van der Waals surface area contributed by atoms with Crippen LogP contribution in [-0.2, 0) is 0 Å². The standard InChI is InChI=1S/C14H17N5O4/c1-18-6-5-15-8-12(18)13-16-14(23-17-13)10-7-9(22-2)3-4-11(10)19(20)21/h3-4,7,12,15H,5-6,8H2,1-2H3. The number of nitrogens with zero attached hydrogens (tertiary/aromatic N) is 4. The second-order valence-electron chi connectivity index (χ2n) is 5.30. The topological polar surface area (TPSA) is 107 Å². The molecule has 9 heteroatoms. The molecule has 9 nitrogen and oxygen atoms in total. The molecule has 1 aromatic heterocycles. The highest BCUT2D eigenvalue weighted by atomic mass is 16.6. The Labute approximate surface area is 132 Å². The van der Waals surface area contributed by atoms with Crippen LogP contribution in [0.1, 0.15) is 11.9 Å². The van der Waals surface area contributed by atoms with Gasteiger partial charge in [0.05, 0.1) is 18.1 Å². The van der Waals surface area contributed by atoms with Crippen molar-refractivity contribution in [3.8, 4) is 17.2 Å². The molecule has 2 heterocycles. The van der Waals surface area contributed by atoms with E-state index >= 15 is 0 Å². The van der Waals surface area contributed by atoms with E-state index in [1.807, 2.05) is 7.05 Å². The first kappa shape index (κ1) is 15.4. The molecule has 0 bridgehead atoms. The van der Waals surface area contributed by atoms with Crippen LogP contribution in [0.2, 0.25) is 0 Å². The van der Waals surface area contributed by atoms with Crippen LogP contribution in [0.3, 0.4) is 0 Å². The van der Waals surface area contributed by atoms with Crippen LogP contribution in [0.4, 0.5) is 5.69 Å². The first-order valence-corrected chi connectivity index (χ1v) is 7.17. The van der Waals surface area contributed by atoms with E-state index in [0.29, 0.717) is 18.1 Å². The normalized spacial score (nSPS) is 18.8. The Kier molecular flexibility index (Phi) is 4.22. The Morgan fingerprint density at radius 2 is 2.35 bits per heavy atom. The summed E-state index contributed by atoms with van der Waals surface area (Å²) in [6, 6.07) is 4.40. The van der Waals surface area contributed by atoms with Gasteiger partial charge in [0.25, 0.3) is 11.6 Å². The van der Waals surface area contributed by atoms with Gasteiger partial charge in [-0.2, -0.15) is 4.98 Å². The van der Waals surface area contributed by atoms with Crippen LogP contribution in [0.5, 0.6) is 5.75 Å². The van der Waals surface area contributed by atoms with Gasteiger partial charge in [0.15, 0.2) is 5.82 Å². The highest BCUT2D eigenvalue weighted by Crippen LogP contribution is 2.33. The van der Waals surface area contributed by atoms with Crippen molar-refractivity contribution in [2.24, 2.45) is 0 Å². The lowest BCUT2D eigenvalue weighted by Crippen LogP contribution is -2.44. The van der Waals surface area contributed by atoms with Crippen molar-refractivity contribution in [2.45, 2.75) is 6.04 Å². The van der Waals surface area contributed by atoms with Crippen molar-refractivity contribution in [3.63, 3.8) is 0 Å². The number of methoxy groups -OCH3 is 1.